The Kier molecular flexibility index (Phi) is 11.0. The highest BCUT2D eigenvalue weighted by molar-refractivity contribution is 6.42. The summed E-state index contributed by atoms with van der Waals surface area (Å²) in [5.74, 6) is -1.26. The van der Waals surface area contributed by atoms with Crippen LogP contribution in [0.25, 0.3) is 0 Å². The summed E-state index contributed by atoms with van der Waals surface area (Å²) in [5, 5.41) is 23.2. The van der Waals surface area contributed by atoms with Gasteiger partial charge in [-0.1, -0.05) is 61.3 Å². The highest BCUT2D eigenvalue weighted by Crippen LogP contribution is 2.32. The number of hydrogen-bond donors (Lipinski definition) is 4. The molecule has 4 N–H and O–H groups in total. The van der Waals surface area contributed by atoms with E-state index in [0.29, 0.717) is 11.4 Å². The lowest BCUT2D eigenvalue weighted by Crippen LogP contribution is -2.41. The van der Waals surface area contributed by atoms with Gasteiger partial charge in [-0.3, -0.25) is 4.79 Å². The molecule has 0 heterocycles. The third kappa shape index (κ3) is 7.14. The molecule has 9 heteroatoms. The number of aliphatic carboxylic acids is 1. The van der Waals surface area contributed by atoms with E-state index in [9.17, 15) is 9.59 Å². The fraction of sp³-hybridized carbons (Fsp3) is 0.348. The van der Waals surface area contributed by atoms with Crippen molar-refractivity contribution in [1.82, 2.24) is 10.6 Å². The Morgan fingerprint density at radius 1 is 1.28 bits per heavy atom. The first kappa shape index (κ1) is 27.3. The molecule has 32 heavy (non-hydrogen) atoms. The van der Waals surface area contributed by atoms with Crippen LogP contribution < -0.4 is 15.4 Å². The lowest BCUT2D eigenvalue weighted by molar-refractivity contribution is -0.132. The molecule has 2 unspecified atom stereocenters. The number of nitrogens with one attached hydrogen (secondary N) is 3. The van der Waals surface area contributed by atoms with Crippen LogP contribution in [0.4, 0.5) is 0 Å². The van der Waals surface area contributed by atoms with Crippen molar-refractivity contribution >= 4 is 40.8 Å². The van der Waals surface area contributed by atoms with Gasteiger partial charge >= 0.3 is 5.97 Å². The minimum Gasteiger partial charge on any atom is -0.478 e. The van der Waals surface area contributed by atoms with Crippen LogP contribution in [0.3, 0.4) is 0 Å². The molecule has 0 fully saturated rings. The summed E-state index contributed by atoms with van der Waals surface area (Å²) in [6.45, 7) is 7.29. The number of ether oxygens (including phenoxy) is 1. The summed E-state index contributed by atoms with van der Waals surface area (Å²) < 4.78 is 5.75. The molecule has 7 nitrogen and oxygen atoms in total. The third-order valence-electron chi connectivity index (χ3n) is 4.57. The van der Waals surface area contributed by atoms with Crippen LogP contribution in [0.15, 0.2) is 53.5 Å². The van der Waals surface area contributed by atoms with E-state index in [1.54, 1.807) is 37.4 Å². The van der Waals surface area contributed by atoms with Crippen LogP contribution in [0.5, 0.6) is 5.75 Å². The fourth-order valence-electron chi connectivity index (χ4n) is 2.90. The maximum Gasteiger partial charge on any atom is 0.335 e. The van der Waals surface area contributed by atoms with Crippen molar-refractivity contribution in [3.05, 3.63) is 63.5 Å². The van der Waals surface area contributed by atoms with Crippen molar-refractivity contribution in [3.63, 3.8) is 0 Å². The van der Waals surface area contributed by atoms with Crippen LogP contribution in [0, 0.1) is 11.3 Å². The fourth-order valence-corrected chi connectivity index (χ4v) is 3.23. The summed E-state index contributed by atoms with van der Waals surface area (Å²) in [5.41, 5.74) is 0.237. The molecule has 1 aliphatic carbocycles. The third-order valence-corrected chi connectivity index (χ3v) is 5.37. The lowest BCUT2D eigenvalue weighted by atomic mass is 9.91. The highest BCUT2D eigenvalue weighted by Gasteiger charge is 2.25. The Morgan fingerprint density at radius 2 is 1.94 bits per heavy atom. The maximum atomic E-state index is 12.9. The average Bonchev–Trinajstić information content (AvgIpc) is 2.77. The number of allylic oxidation sites excluding steroid dienone is 1. The van der Waals surface area contributed by atoms with Gasteiger partial charge in [-0.2, -0.15) is 0 Å². The van der Waals surface area contributed by atoms with E-state index in [-0.39, 0.29) is 45.5 Å². The quantitative estimate of drug-likeness (QED) is 0.238. The Balaban J connectivity index is 0.00000249. The molecule has 174 valence electrons. The van der Waals surface area contributed by atoms with Gasteiger partial charge in [-0.15, -0.1) is 0 Å². The van der Waals surface area contributed by atoms with Crippen LogP contribution in [-0.2, 0) is 9.59 Å². The Bertz CT molecular complexity index is 955. The van der Waals surface area contributed by atoms with Crippen molar-refractivity contribution in [2.24, 2.45) is 5.92 Å². The Morgan fingerprint density at radius 3 is 2.44 bits per heavy atom. The van der Waals surface area contributed by atoms with Crippen LogP contribution in [0.2, 0.25) is 10.0 Å². The Labute approximate surface area is 198 Å². The van der Waals surface area contributed by atoms with E-state index in [1.807, 2.05) is 20.8 Å². The lowest BCUT2D eigenvalue weighted by Gasteiger charge is -2.24. The molecule has 1 aliphatic rings. The van der Waals surface area contributed by atoms with Gasteiger partial charge in [0, 0.05) is 24.7 Å². The van der Waals surface area contributed by atoms with E-state index in [2.05, 4.69) is 10.6 Å². The summed E-state index contributed by atoms with van der Waals surface area (Å²) in [6, 6.07) is 4.56. The molecule has 1 aromatic carbocycles. The largest absolute Gasteiger partial charge is 0.478 e. The zero-order chi connectivity index (χ0) is 24.4. The molecule has 0 saturated carbocycles. The number of benzene rings is 1. The zero-order valence-electron chi connectivity index (χ0n) is 18.8. The number of amides is 1. The van der Waals surface area contributed by atoms with Crippen molar-refractivity contribution in [2.45, 2.75) is 40.2 Å². The van der Waals surface area contributed by atoms with E-state index >= 15 is 0 Å². The predicted molar refractivity (Wildman–Crippen MR) is 128 cm³/mol. The minimum atomic E-state index is -0.985. The molecule has 0 aromatic heterocycles. The second kappa shape index (κ2) is 12.9. The first-order valence-corrected chi connectivity index (χ1v) is 10.9. The molecule has 1 amide bonds. The summed E-state index contributed by atoms with van der Waals surface area (Å²) >= 11 is 12.2. The van der Waals surface area contributed by atoms with Gasteiger partial charge in [-0.05, 0) is 32.4 Å². The second-order valence-electron chi connectivity index (χ2n) is 6.72. The minimum absolute atomic E-state index is 0.00514. The van der Waals surface area contributed by atoms with Crippen molar-refractivity contribution in [1.29, 1.82) is 5.41 Å². The summed E-state index contributed by atoms with van der Waals surface area (Å²) in [6.07, 6.45) is 5.39. The normalized spacial score (nSPS) is 16.5. The van der Waals surface area contributed by atoms with Crippen LogP contribution in [-0.4, -0.2) is 35.8 Å². The van der Waals surface area contributed by atoms with Crippen molar-refractivity contribution in [3.8, 4) is 5.75 Å². The van der Waals surface area contributed by atoms with Crippen LogP contribution >= 0.6 is 23.2 Å². The monoisotopic (exact) mass is 481 g/mol. The molecule has 2 atom stereocenters. The second-order valence-corrected chi connectivity index (χ2v) is 7.50. The number of carbonyl (C=O) groups excluding carboxylic acids is 1. The number of halogens is 2. The van der Waals surface area contributed by atoms with Gasteiger partial charge < -0.3 is 25.9 Å². The molecule has 0 spiro atoms. The number of rotatable bonds is 8. The number of hydrogen-bond acceptors (Lipinski definition) is 5. The molecule has 0 saturated heterocycles. The van der Waals surface area contributed by atoms with Gasteiger partial charge in [-0.25, -0.2) is 4.79 Å². The standard InChI is InChI=1S/C21H23Cl2N3O4.C2H6/c1-11(24)17(20(25-3)30-16-6-4-5-15(22)18(16)23)19(27)26-12(2)13-7-9-14(10-8-13)21(28)29;1-2/h4-7,9-10,12-13,24-25H,8H2,1-3H3,(H,26,27)(H,28,29);1-2H3/b20-17-,24-11?;. The molecule has 0 radical (unpaired) electrons. The molecular weight excluding hydrogens is 453 g/mol. The zero-order valence-corrected chi connectivity index (χ0v) is 20.3. The van der Waals surface area contributed by atoms with E-state index in [0.717, 1.165) is 0 Å². The molecule has 0 bridgehead atoms. The van der Waals surface area contributed by atoms with Crippen molar-refractivity contribution in [2.75, 3.05) is 7.05 Å². The first-order valence-electron chi connectivity index (χ1n) is 10.2. The highest BCUT2D eigenvalue weighted by atomic mass is 35.5. The van der Waals surface area contributed by atoms with Gasteiger partial charge in [0.25, 0.3) is 5.91 Å². The van der Waals surface area contributed by atoms with Gasteiger partial charge in [0.05, 0.1) is 10.6 Å². The van der Waals surface area contributed by atoms with E-state index in [4.69, 9.17) is 38.5 Å². The van der Waals surface area contributed by atoms with Gasteiger partial charge in [0.2, 0.25) is 5.88 Å². The maximum absolute atomic E-state index is 12.9. The van der Waals surface area contributed by atoms with Crippen molar-refractivity contribution < 1.29 is 19.4 Å². The SMILES string of the molecule is CC.CN/C(Oc1cccc(Cl)c1Cl)=C(\C(C)=N)C(=O)NC(C)C1C=CC(C(=O)O)=CC1. The van der Waals surface area contributed by atoms with E-state index in [1.165, 1.54) is 13.0 Å². The topological polar surface area (TPSA) is 112 Å². The average molecular weight is 482 g/mol. The summed E-state index contributed by atoms with van der Waals surface area (Å²) in [4.78, 5) is 23.9. The predicted octanol–water partition coefficient (Wildman–Crippen LogP) is 4.96. The van der Waals surface area contributed by atoms with E-state index < -0.39 is 11.9 Å². The smallest absolute Gasteiger partial charge is 0.335 e. The number of carboxylic acids is 1. The first-order chi connectivity index (χ1) is 15.1. The number of carboxylic acid groups (broad SMARTS) is 1. The summed E-state index contributed by atoms with van der Waals surface area (Å²) in [7, 11) is 1.57. The molecular formula is C23H29Cl2N3O4. The molecule has 1 aromatic rings. The molecule has 0 aliphatic heterocycles. The number of carbonyl (C=O) groups is 2. The molecule has 2 rings (SSSR count). The van der Waals surface area contributed by atoms with Crippen LogP contribution in [0.1, 0.15) is 34.1 Å². The van der Waals surface area contributed by atoms with Gasteiger partial charge in [0.1, 0.15) is 16.3 Å². The van der Waals surface area contributed by atoms with Gasteiger partial charge in [0.15, 0.2) is 0 Å². The Hall–Kier alpha value is -2.77.